The van der Waals surface area contributed by atoms with E-state index in [4.69, 9.17) is 27.9 Å². The van der Waals surface area contributed by atoms with Gasteiger partial charge in [0, 0.05) is 16.7 Å². The summed E-state index contributed by atoms with van der Waals surface area (Å²) in [6.07, 6.45) is 2.21. The van der Waals surface area contributed by atoms with E-state index in [1.54, 1.807) is 25.1 Å². The van der Waals surface area contributed by atoms with Crippen LogP contribution in [0, 0.1) is 5.82 Å². The lowest BCUT2D eigenvalue weighted by atomic mass is 10.1. The number of hydrogen-bond donors (Lipinski definition) is 1. The van der Waals surface area contributed by atoms with E-state index in [9.17, 15) is 14.0 Å². The van der Waals surface area contributed by atoms with Crippen LogP contribution in [0.15, 0.2) is 48.5 Å². The molecule has 1 atom stereocenters. The van der Waals surface area contributed by atoms with Crippen molar-refractivity contribution in [2.75, 3.05) is 6.61 Å². The van der Waals surface area contributed by atoms with Crippen LogP contribution in [-0.2, 0) is 14.3 Å². The summed E-state index contributed by atoms with van der Waals surface area (Å²) in [5.41, 5.74) is 0.899. The molecule has 0 saturated carbocycles. The van der Waals surface area contributed by atoms with E-state index in [0.717, 1.165) is 11.6 Å². The zero-order valence-corrected chi connectivity index (χ0v) is 15.4. The fourth-order valence-electron chi connectivity index (χ4n) is 2.15. The van der Waals surface area contributed by atoms with Gasteiger partial charge in [-0.1, -0.05) is 41.4 Å². The molecule has 0 aliphatic heterocycles. The van der Waals surface area contributed by atoms with E-state index in [1.807, 2.05) is 6.07 Å². The first kappa shape index (κ1) is 19.9. The standard InChI is InChI=1S/C19H16Cl2FNO3/c1-12(13-4-2-5-14(20)10-13)23-18(24)11-26-19(25)9-8-15-16(21)6-3-7-17(15)22/h2-10,12H,11H2,1H3,(H,23,24)/b9-8+/t12-/m0/s1. The topological polar surface area (TPSA) is 55.4 Å². The van der Waals surface area contributed by atoms with Gasteiger partial charge < -0.3 is 10.1 Å². The minimum absolute atomic E-state index is 0.0742. The van der Waals surface area contributed by atoms with Crippen molar-refractivity contribution >= 4 is 41.2 Å². The van der Waals surface area contributed by atoms with Gasteiger partial charge in [0.2, 0.25) is 0 Å². The van der Waals surface area contributed by atoms with Crippen LogP contribution >= 0.6 is 23.2 Å². The average Bonchev–Trinajstić information content (AvgIpc) is 2.59. The molecule has 2 aromatic rings. The Morgan fingerprint density at radius 3 is 2.65 bits per heavy atom. The van der Waals surface area contributed by atoms with Gasteiger partial charge in [-0.15, -0.1) is 0 Å². The molecule has 1 N–H and O–H groups in total. The Morgan fingerprint density at radius 1 is 1.23 bits per heavy atom. The minimum Gasteiger partial charge on any atom is -0.452 e. The molecule has 0 radical (unpaired) electrons. The van der Waals surface area contributed by atoms with Gasteiger partial charge in [-0.3, -0.25) is 4.79 Å². The number of carbonyl (C=O) groups excluding carboxylic acids is 2. The molecule has 0 aromatic heterocycles. The van der Waals surface area contributed by atoms with Crippen molar-refractivity contribution in [2.45, 2.75) is 13.0 Å². The van der Waals surface area contributed by atoms with E-state index in [1.165, 1.54) is 24.3 Å². The molecule has 7 heteroatoms. The van der Waals surface area contributed by atoms with Crippen molar-refractivity contribution in [3.63, 3.8) is 0 Å². The number of hydrogen-bond acceptors (Lipinski definition) is 3. The number of halogens is 3. The van der Waals surface area contributed by atoms with E-state index < -0.39 is 24.3 Å². The highest BCUT2D eigenvalue weighted by Crippen LogP contribution is 2.20. The van der Waals surface area contributed by atoms with Crippen LogP contribution in [0.5, 0.6) is 0 Å². The Kier molecular flexibility index (Phi) is 7.18. The number of ether oxygens (including phenoxy) is 1. The lowest BCUT2D eigenvalue weighted by Crippen LogP contribution is -2.30. The van der Waals surface area contributed by atoms with Crippen LogP contribution in [0.4, 0.5) is 4.39 Å². The first-order valence-electron chi connectivity index (χ1n) is 7.70. The lowest BCUT2D eigenvalue weighted by Gasteiger charge is -2.14. The summed E-state index contributed by atoms with van der Waals surface area (Å²) in [6.45, 7) is 1.32. The van der Waals surface area contributed by atoms with Crippen molar-refractivity contribution in [2.24, 2.45) is 0 Å². The maximum atomic E-state index is 13.6. The molecule has 4 nitrogen and oxygen atoms in total. The summed E-state index contributed by atoms with van der Waals surface area (Å²) in [4.78, 5) is 23.5. The molecule has 0 aliphatic carbocycles. The second kappa shape index (κ2) is 9.36. The summed E-state index contributed by atoms with van der Waals surface area (Å²) >= 11 is 11.8. The predicted octanol–water partition coefficient (Wildman–Crippen LogP) is 4.57. The van der Waals surface area contributed by atoms with Crippen LogP contribution in [0.1, 0.15) is 24.1 Å². The Hall–Kier alpha value is -2.37. The molecule has 26 heavy (non-hydrogen) atoms. The number of esters is 1. The monoisotopic (exact) mass is 395 g/mol. The highest BCUT2D eigenvalue weighted by Gasteiger charge is 2.11. The first-order chi connectivity index (χ1) is 12.4. The summed E-state index contributed by atoms with van der Waals surface area (Å²) in [5.74, 6) is -1.81. The second-order valence-corrected chi connectivity index (χ2v) is 6.26. The maximum absolute atomic E-state index is 13.6. The van der Waals surface area contributed by atoms with Gasteiger partial charge in [-0.25, -0.2) is 9.18 Å². The third kappa shape index (κ3) is 5.86. The van der Waals surface area contributed by atoms with Crippen molar-refractivity contribution in [1.29, 1.82) is 0 Å². The smallest absolute Gasteiger partial charge is 0.331 e. The average molecular weight is 396 g/mol. The van der Waals surface area contributed by atoms with E-state index in [2.05, 4.69) is 5.32 Å². The minimum atomic E-state index is -0.783. The molecular weight excluding hydrogens is 380 g/mol. The molecule has 2 aromatic carbocycles. The summed E-state index contributed by atoms with van der Waals surface area (Å²) < 4.78 is 18.4. The van der Waals surface area contributed by atoms with Gasteiger partial charge in [0.1, 0.15) is 5.82 Å². The zero-order valence-electron chi connectivity index (χ0n) is 13.8. The van der Waals surface area contributed by atoms with Crippen molar-refractivity contribution in [3.8, 4) is 0 Å². The van der Waals surface area contributed by atoms with Crippen molar-refractivity contribution in [1.82, 2.24) is 5.32 Å². The van der Waals surface area contributed by atoms with Crippen molar-refractivity contribution < 1.29 is 18.7 Å². The van der Waals surface area contributed by atoms with Gasteiger partial charge in [0.25, 0.3) is 5.91 Å². The molecule has 136 valence electrons. The highest BCUT2D eigenvalue weighted by molar-refractivity contribution is 6.32. The number of benzene rings is 2. The molecule has 0 aliphatic rings. The lowest BCUT2D eigenvalue weighted by molar-refractivity contribution is -0.144. The summed E-state index contributed by atoms with van der Waals surface area (Å²) in [5, 5.41) is 3.42. The van der Waals surface area contributed by atoms with Crippen LogP contribution < -0.4 is 5.32 Å². The fourth-order valence-corrected chi connectivity index (χ4v) is 2.57. The van der Waals surface area contributed by atoms with Gasteiger partial charge in [0.05, 0.1) is 11.1 Å². The van der Waals surface area contributed by atoms with E-state index in [0.29, 0.717) is 5.02 Å². The van der Waals surface area contributed by atoms with Gasteiger partial charge in [-0.05, 0) is 42.8 Å². The molecule has 0 saturated heterocycles. The normalized spacial score (nSPS) is 12.0. The van der Waals surface area contributed by atoms with Crippen LogP contribution in [-0.4, -0.2) is 18.5 Å². The molecule has 0 unspecified atom stereocenters. The zero-order chi connectivity index (χ0) is 19.1. The van der Waals surface area contributed by atoms with E-state index in [-0.39, 0.29) is 16.6 Å². The Labute approximate surface area is 160 Å². The van der Waals surface area contributed by atoms with Gasteiger partial charge >= 0.3 is 5.97 Å². The Balaban J connectivity index is 1.85. The predicted molar refractivity (Wildman–Crippen MR) is 99.4 cm³/mol. The number of rotatable bonds is 6. The van der Waals surface area contributed by atoms with Crippen LogP contribution in [0.3, 0.4) is 0 Å². The summed E-state index contributed by atoms with van der Waals surface area (Å²) in [7, 11) is 0. The van der Waals surface area contributed by atoms with Crippen LogP contribution in [0.2, 0.25) is 10.0 Å². The molecule has 0 heterocycles. The van der Waals surface area contributed by atoms with Crippen LogP contribution in [0.25, 0.3) is 6.08 Å². The van der Waals surface area contributed by atoms with Gasteiger partial charge in [0.15, 0.2) is 6.61 Å². The van der Waals surface area contributed by atoms with Gasteiger partial charge in [-0.2, -0.15) is 0 Å². The quantitative estimate of drug-likeness (QED) is 0.575. The Bertz CT molecular complexity index is 819. The maximum Gasteiger partial charge on any atom is 0.331 e. The second-order valence-electron chi connectivity index (χ2n) is 5.42. The molecule has 0 bridgehead atoms. The molecule has 1 amide bonds. The number of nitrogens with one attached hydrogen (secondary N) is 1. The van der Waals surface area contributed by atoms with E-state index >= 15 is 0 Å². The third-order valence-electron chi connectivity index (χ3n) is 3.46. The molecule has 2 rings (SSSR count). The SMILES string of the molecule is C[C@H](NC(=O)COC(=O)/C=C/c1c(F)cccc1Cl)c1cccc(Cl)c1. The number of carbonyl (C=O) groups is 2. The molecule has 0 fully saturated rings. The largest absolute Gasteiger partial charge is 0.452 e. The van der Waals surface area contributed by atoms with Crippen molar-refractivity contribution in [3.05, 3.63) is 75.5 Å². The Morgan fingerprint density at radius 2 is 1.96 bits per heavy atom. The highest BCUT2D eigenvalue weighted by atomic mass is 35.5. The molecular formula is C19H16Cl2FNO3. The molecule has 0 spiro atoms. The summed E-state index contributed by atoms with van der Waals surface area (Å²) in [6, 6.07) is 10.9. The number of amides is 1. The third-order valence-corrected chi connectivity index (χ3v) is 4.02. The fraction of sp³-hybridized carbons (Fsp3) is 0.158. The first-order valence-corrected chi connectivity index (χ1v) is 8.46.